The predicted octanol–water partition coefficient (Wildman–Crippen LogP) is 2.37. The smallest absolute Gasteiger partial charge is 0.256 e. The summed E-state index contributed by atoms with van der Waals surface area (Å²) in [5.74, 6) is 0.0285. The zero-order valence-corrected chi connectivity index (χ0v) is 9.68. The Kier molecular flexibility index (Phi) is 2.23. The molecule has 1 aliphatic rings. The second kappa shape index (κ2) is 3.28. The molecule has 14 heavy (non-hydrogen) atoms. The summed E-state index contributed by atoms with van der Waals surface area (Å²) < 4.78 is 1.52. The van der Waals surface area contributed by atoms with Gasteiger partial charge >= 0.3 is 0 Å². The van der Waals surface area contributed by atoms with Gasteiger partial charge in [-0.15, -0.1) is 0 Å². The van der Waals surface area contributed by atoms with Crippen molar-refractivity contribution in [1.29, 1.82) is 0 Å². The molecule has 1 amide bonds. The van der Waals surface area contributed by atoms with Crippen LogP contribution in [0.1, 0.15) is 11.1 Å². The zero-order valence-electron chi connectivity index (χ0n) is 8.10. The molecule has 0 unspecified atom stereocenters. The van der Waals surface area contributed by atoms with Gasteiger partial charge in [0.1, 0.15) is 0 Å². The Morgan fingerprint density at radius 1 is 1.36 bits per heavy atom. The van der Waals surface area contributed by atoms with Crippen molar-refractivity contribution >= 4 is 33.4 Å². The Labute approximate surface area is 91.4 Å². The Morgan fingerprint density at radius 2 is 2.00 bits per heavy atom. The first-order valence-electron chi connectivity index (χ1n) is 4.43. The number of hydrogen-bond donors (Lipinski definition) is 1. The van der Waals surface area contributed by atoms with Gasteiger partial charge in [-0.3, -0.25) is 4.79 Å². The van der Waals surface area contributed by atoms with Gasteiger partial charge < -0.3 is 5.32 Å². The topological polar surface area (TPSA) is 32.3 Å². The minimum absolute atomic E-state index is 0.0285. The summed E-state index contributed by atoms with van der Waals surface area (Å²) in [4.78, 5) is 11.4. The molecule has 1 N–H and O–H groups in total. The molecule has 0 saturated heterocycles. The average molecular weight is 255 g/mol. The summed E-state index contributed by atoms with van der Waals surface area (Å²) in [6, 6.07) is 4.06. The van der Waals surface area contributed by atoms with Crippen molar-refractivity contribution in [2.75, 3.05) is 15.8 Å². The number of anilines is 2. The van der Waals surface area contributed by atoms with Crippen LogP contribution in [-0.4, -0.2) is 12.5 Å². The Bertz CT molecular complexity index is 403. The summed E-state index contributed by atoms with van der Waals surface area (Å²) >= 11 is 3.25. The third-order valence-electron chi connectivity index (χ3n) is 2.47. The quantitative estimate of drug-likeness (QED) is 0.722. The Morgan fingerprint density at radius 3 is 2.71 bits per heavy atom. The molecule has 0 saturated carbocycles. The minimum Gasteiger partial charge on any atom is -0.374 e. The highest BCUT2D eigenvalue weighted by atomic mass is 79.9. The third kappa shape index (κ3) is 1.39. The van der Waals surface area contributed by atoms with Crippen molar-refractivity contribution in [3.05, 3.63) is 23.3 Å². The lowest BCUT2D eigenvalue weighted by atomic mass is 10.1. The molecular formula is C10H11BrN2O. The number of benzene rings is 1. The molecule has 0 aliphatic carbocycles. The van der Waals surface area contributed by atoms with Crippen LogP contribution in [0.25, 0.3) is 0 Å². The van der Waals surface area contributed by atoms with Gasteiger partial charge in [0, 0.05) is 0 Å². The highest BCUT2D eigenvalue weighted by Gasteiger charge is 2.22. The maximum atomic E-state index is 11.4. The summed E-state index contributed by atoms with van der Waals surface area (Å²) in [5.41, 5.74) is 4.31. The van der Waals surface area contributed by atoms with Crippen molar-refractivity contribution < 1.29 is 4.79 Å². The van der Waals surface area contributed by atoms with Crippen LogP contribution in [-0.2, 0) is 4.79 Å². The fourth-order valence-electron chi connectivity index (χ4n) is 1.48. The second-order valence-corrected chi connectivity index (χ2v) is 4.19. The largest absolute Gasteiger partial charge is 0.374 e. The molecule has 0 radical (unpaired) electrons. The van der Waals surface area contributed by atoms with Crippen LogP contribution in [0.4, 0.5) is 11.4 Å². The second-order valence-electron chi connectivity index (χ2n) is 3.48. The van der Waals surface area contributed by atoms with Gasteiger partial charge in [-0.05, 0) is 37.1 Å². The zero-order chi connectivity index (χ0) is 10.3. The standard InChI is InChI=1S/C10H11BrN2O/c1-6-3-8-9(4-7(6)2)13(11)10(14)5-12-8/h3-4,12H,5H2,1-2H3. The van der Waals surface area contributed by atoms with Gasteiger partial charge in [-0.25, -0.2) is 3.93 Å². The van der Waals surface area contributed by atoms with E-state index in [9.17, 15) is 4.79 Å². The number of aryl methyl sites for hydroxylation is 2. The van der Waals surface area contributed by atoms with E-state index in [0.29, 0.717) is 6.54 Å². The number of fused-ring (bicyclic) bond motifs is 1. The number of halogens is 1. The third-order valence-corrected chi connectivity index (χ3v) is 3.25. The van der Waals surface area contributed by atoms with E-state index < -0.39 is 0 Å². The van der Waals surface area contributed by atoms with E-state index in [4.69, 9.17) is 0 Å². The summed E-state index contributed by atoms with van der Waals surface area (Å²) in [6.07, 6.45) is 0. The van der Waals surface area contributed by atoms with Gasteiger partial charge in [0.15, 0.2) is 0 Å². The molecule has 74 valence electrons. The number of carbonyl (C=O) groups is 1. The maximum absolute atomic E-state index is 11.4. The molecule has 0 bridgehead atoms. The first-order valence-corrected chi connectivity index (χ1v) is 5.14. The molecule has 1 aromatic rings. The van der Waals surface area contributed by atoms with Crippen molar-refractivity contribution in [3.8, 4) is 0 Å². The number of carbonyl (C=O) groups excluding carboxylic acids is 1. The first kappa shape index (κ1) is 9.52. The fourth-order valence-corrected chi connectivity index (χ4v) is 1.90. The summed E-state index contributed by atoms with van der Waals surface area (Å²) in [6.45, 7) is 4.45. The van der Waals surface area contributed by atoms with Crippen LogP contribution in [0.15, 0.2) is 12.1 Å². The highest BCUT2D eigenvalue weighted by Crippen LogP contribution is 2.33. The molecule has 0 fully saturated rings. The summed E-state index contributed by atoms with van der Waals surface area (Å²) in [7, 11) is 0. The van der Waals surface area contributed by atoms with Crippen LogP contribution >= 0.6 is 16.1 Å². The Balaban J connectivity index is 2.55. The van der Waals surface area contributed by atoms with E-state index in [1.807, 2.05) is 13.0 Å². The molecule has 2 rings (SSSR count). The number of hydrogen-bond acceptors (Lipinski definition) is 2. The van der Waals surface area contributed by atoms with Crippen molar-refractivity contribution in [2.45, 2.75) is 13.8 Å². The molecular weight excluding hydrogens is 244 g/mol. The van der Waals surface area contributed by atoms with Gasteiger partial charge in [0.05, 0.1) is 34.1 Å². The lowest BCUT2D eigenvalue weighted by Crippen LogP contribution is -2.32. The average Bonchev–Trinajstić information content (AvgIpc) is 2.15. The van der Waals surface area contributed by atoms with Crippen LogP contribution in [0.2, 0.25) is 0 Å². The van der Waals surface area contributed by atoms with Crippen molar-refractivity contribution in [2.24, 2.45) is 0 Å². The molecule has 1 heterocycles. The monoisotopic (exact) mass is 254 g/mol. The summed E-state index contributed by atoms with van der Waals surface area (Å²) in [5, 5.41) is 3.09. The fraction of sp³-hybridized carbons (Fsp3) is 0.300. The normalized spacial score (nSPS) is 15.1. The maximum Gasteiger partial charge on any atom is 0.256 e. The number of nitrogens with zero attached hydrogens (tertiary/aromatic N) is 1. The highest BCUT2D eigenvalue weighted by molar-refractivity contribution is 9.10. The van der Waals surface area contributed by atoms with Crippen LogP contribution in [0, 0.1) is 13.8 Å². The van der Waals surface area contributed by atoms with E-state index in [2.05, 4.69) is 34.5 Å². The van der Waals surface area contributed by atoms with Crippen molar-refractivity contribution in [3.63, 3.8) is 0 Å². The van der Waals surface area contributed by atoms with Gasteiger partial charge in [0.2, 0.25) is 0 Å². The van der Waals surface area contributed by atoms with E-state index >= 15 is 0 Å². The molecule has 0 aromatic heterocycles. The molecule has 0 spiro atoms. The van der Waals surface area contributed by atoms with Gasteiger partial charge in [0.25, 0.3) is 5.91 Å². The van der Waals surface area contributed by atoms with Crippen molar-refractivity contribution in [1.82, 2.24) is 0 Å². The van der Waals surface area contributed by atoms with Gasteiger partial charge in [-0.1, -0.05) is 0 Å². The minimum atomic E-state index is 0.0285. The molecule has 4 heteroatoms. The number of nitrogens with one attached hydrogen (secondary N) is 1. The van der Waals surface area contributed by atoms with Crippen LogP contribution in [0.5, 0.6) is 0 Å². The first-order chi connectivity index (χ1) is 6.59. The van der Waals surface area contributed by atoms with Crippen LogP contribution < -0.4 is 9.24 Å². The number of rotatable bonds is 0. The SMILES string of the molecule is Cc1cc2c(cc1C)N(Br)C(=O)CN2. The molecule has 3 nitrogen and oxygen atoms in total. The van der Waals surface area contributed by atoms with E-state index in [1.54, 1.807) is 0 Å². The molecule has 1 aromatic carbocycles. The van der Waals surface area contributed by atoms with E-state index in [0.717, 1.165) is 11.4 Å². The Hall–Kier alpha value is -1.03. The number of amides is 1. The molecule has 1 aliphatic heterocycles. The lowest BCUT2D eigenvalue weighted by Gasteiger charge is -2.25. The van der Waals surface area contributed by atoms with E-state index in [1.165, 1.54) is 15.1 Å². The lowest BCUT2D eigenvalue weighted by molar-refractivity contribution is -0.115. The predicted molar refractivity (Wildman–Crippen MR) is 60.8 cm³/mol. The van der Waals surface area contributed by atoms with Gasteiger partial charge in [-0.2, -0.15) is 0 Å². The van der Waals surface area contributed by atoms with E-state index in [-0.39, 0.29) is 5.91 Å². The molecule has 0 atom stereocenters. The van der Waals surface area contributed by atoms with Crippen LogP contribution in [0.3, 0.4) is 0 Å².